The van der Waals surface area contributed by atoms with E-state index < -0.39 is 0 Å². The smallest absolute Gasteiger partial charge is 0.240 e. The Hall–Kier alpha value is -2.04. The second-order valence-corrected chi connectivity index (χ2v) is 5.27. The number of hydrogen-bond acceptors (Lipinski definition) is 9. The summed E-state index contributed by atoms with van der Waals surface area (Å²) in [5, 5.41) is 3.58. The Balaban J connectivity index is -0.000000123. The van der Waals surface area contributed by atoms with Crippen LogP contribution in [0.2, 0.25) is 0 Å². The number of carbonyl (C=O) groups excluding carboxylic acids is 5. The van der Waals surface area contributed by atoms with E-state index in [4.69, 9.17) is 22.3 Å². The molecule has 15 heteroatoms. The average molecular weight is 486 g/mol. The molecule has 0 aliphatic heterocycles. The molecule has 0 fully saturated rings. The summed E-state index contributed by atoms with van der Waals surface area (Å²) in [6, 6.07) is 0. The number of nitrogens with one attached hydrogen (secondary N) is 4. The minimum absolute atomic E-state index is 0. The van der Waals surface area contributed by atoms with E-state index in [0.29, 0.717) is 51.4 Å². The highest BCUT2D eigenvalue weighted by molar-refractivity contribution is 6.92. The first-order valence-corrected chi connectivity index (χ1v) is 8.97. The number of rotatable bonds is 11. The molecule has 13 nitrogen and oxygen atoms in total. The van der Waals surface area contributed by atoms with Crippen molar-refractivity contribution in [1.82, 2.24) is 21.7 Å². The number of amides is 4. The van der Waals surface area contributed by atoms with Gasteiger partial charge < -0.3 is 4.79 Å². The van der Waals surface area contributed by atoms with Gasteiger partial charge in [-0.05, 0) is 39.5 Å². The number of aldehydes is 1. The molecule has 0 saturated carbocycles. The van der Waals surface area contributed by atoms with Crippen molar-refractivity contribution < 1.29 is 24.0 Å². The van der Waals surface area contributed by atoms with Gasteiger partial charge in [0.2, 0.25) is 23.6 Å². The highest BCUT2D eigenvalue weighted by Gasteiger charge is 2.02. The SMILES string of the molecule is C/C=N/NC(=O)CCCCC(=O)NN.CC=O.NNC(=O)CCCCC(=O)NN.P.P. The van der Waals surface area contributed by atoms with Crippen LogP contribution in [0.15, 0.2) is 5.10 Å². The van der Waals surface area contributed by atoms with Crippen molar-refractivity contribution >= 4 is 55.9 Å². The standard InChI is InChI=1S/C8H16N4O2.C6H14N4O2.C2H4O.2H3P/c1-2-10-12-8(14)6-4-3-5-7(13)11-9;7-9-5(11)3-1-2-4-6(12)10-8;1-2-3;;/h2H,3-6,9H2,1H3,(H,11,13)(H,12,14);1-4,7-8H2,(H,9,11)(H,10,12);2H,1H3;2*1H3/b10-2+;;;;. The van der Waals surface area contributed by atoms with Gasteiger partial charge in [0.1, 0.15) is 6.29 Å². The van der Waals surface area contributed by atoms with Crippen LogP contribution in [0.1, 0.15) is 65.2 Å². The summed E-state index contributed by atoms with van der Waals surface area (Å²) in [6.07, 6.45) is 6.22. The van der Waals surface area contributed by atoms with Crippen LogP contribution < -0.4 is 39.2 Å². The molecule has 4 amide bonds. The molecule has 0 bridgehead atoms. The molecule has 0 rings (SSSR count). The quantitative estimate of drug-likeness (QED) is 0.0345. The van der Waals surface area contributed by atoms with Crippen molar-refractivity contribution in [1.29, 1.82) is 0 Å². The van der Waals surface area contributed by atoms with Crippen molar-refractivity contribution in [3.8, 4) is 0 Å². The summed E-state index contributed by atoms with van der Waals surface area (Å²) in [5.74, 6) is 13.8. The highest BCUT2D eigenvalue weighted by atomic mass is 31.0. The van der Waals surface area contributed by atoms with Gasteiger partial charge in [-0.25, -0.2) is 23.0 Å². The lowest BCUT2D eigenvalue weighted by Gasteiger charge is -1.99. The van der Waals surface area contributed by atoms with Crippen molar-refractivity contribution in [2.45, 2.75) is 65.2 Å². The molecule has 0 spiro atoms. The highest BCUT2D eigenvalue weighted by Crippen LogP contribution is 1.99. The molecule has 0 saturated heterocycles. The molecule has 31 heavy (non-hydrogen) atoms. The number of unbranched alkanes of at least 4 members (excludes halogenated alkanes) is 2. The molecule has 0 aliphatic carbocycles. The van der Waals surface area contributed by atoms with Crippen LogP contribution in [-0.4, -0.2) is 36.1 Å². The van der Waals surface area contributed by atoms with Gasteiger partial charge >= 0.3 is 0 Å². The zero-order valence-electron chi connectivity index (χ0n) is 18.4. The summed E-state index contributed by atoms with van der Waals surface area (Å²) in [4.78, 5) is 51.6. The van der Waals surface area contributed by atoms with Gasteiger partial charge in [0, 0.05) is 31.9 Å². The van der Waals surface area contributed by atoms with E-state index in [1.165, 1.54) is 13.1 Å². The van der Waals surface area contributed by atoms with E-state index in [-0.39, 0.29) is 43.4 Å². The third kappa shape index (κ3) is 39.1. The van der Waals surface area contributed by atoms with Crippen molar-refractivity contribution in [2.75, 3.05) is 0 Å². The van der Waals surface area contributed by atoms with Gasteiger partial charge in [-0.1, -0.05) is 0 Å². The fourth-order valence-corrected chi connectivity index (χ4v) is 1.55. The first kappa shape index (κ1) is 39.4. The third-order valence-corrected chi connectivity index (χ3v) is 2.92. The summed E-state index contributed by atoms with van der Waals surface area (Å²) in [5.41, 5.74) is 8.37. The summed E-state index contributed by atoms with van der Waals surface area (Å²) >= 11 is 0. The summed E-state index contributed by atoms with van der Waals surface area (Å²) in [6.45, 7) is 3.16. The zero-order chi connectivity index (χ0) is 22.9. The molecular formula is C16H40N8O5P2. The number of carbonyl (C=O) groups is 5. The van der Waals surface area contributed by atoms with Gasteiger partial charge in [0.25, 0.3) is 0 Å². The normalized spacial score (nSPS) is 8.55. The van der Waals surface area contributed by atoms with Crippen LogP contribution in [0.3, 0.4) is 0 Å². The maximum atomic E-state index is 11.0. The summed E-state index contributed by atoms with van der Waals surface area (Å²) in [7, 11) is 0. The van der Waals surface area contributed by atoms with E-state index in [2.05, 4.69) is 10.5 Å². The van der Waals surface area contributed by atoms with Gasteiger partial charge in [-0.2, -0.15) is 24.9 Å². The Morgan fingerprint density at radius 3 is 1.16 bits per heavy atom. The Morgan fingerprint density at radius 2 is 0.935 bits per heavy atom. The van der Waals surface area contributed by atoms with E-state index >= 15 is 0 Å². The first-order chi connectivity index (χ1) is 13.8. The number of nitrogens with two attached hydrogens (primary N) is 3. The predicted octanol–water partition coefficient (Wildman–Crippen LogP) is -1.49. The Bertz CT molecular complexity index is 492. The van der Waals surface area contributed by atoms with Gasteiger partial charge in [0.15, 0.2) is 0 Å². The number of nitrogens with zero attached hydrogens (tertiary/aromatic N) is 1. The molecule has 2 atom stereocenters. The van der Waals surface area contributed by atoms with Crippen LogP contribution in [0, 0.1) is 0 Å². The average Bonchev–Trinajstić information content (AvgIpc) is 2.73. The lowest BCUT2D eigenvalue weighted by Crippen LogP contribution is -2.30. The first-order valence-electron chi connectivity index (χ1n) is 8.97. The number of hydrazone groups is 1. The molecule has 2 unspecified atom stereocenters. The molecule has 0 heterocycles. The van der Waals surface area contributed by atoms with E-state index in [1.807, 2.05) is 16.3 Å². The van der Waals surface area contributed by atoms with E-state index in [1.54, 1.807) is 6.92 Å². The molecule has 0 aromatic heterocycles. The Labute approximate surface area is 190 Å². The van der Waals surface area contributed by atoms with Crippen LogP contribution in [0.4, 0.5) is 0 Å². The fourth-order valence-electron chi connectivity index (χ4n) is 1.55. The monoisotopic (exact) mass is 486 g/mol. The van der Waals surface area contributed by atoms with Crippen LogP contribution in [0.5, 0.6) is 0 Å². The third-order valence-electron chi connectivity index (χ3n) is 2.92. The largest absolute Gasteiger partial charge is 0.304 e. The molecule has 0 aromatic rings. The number of hydrazine groups is 3. The second-order valence-electron chi connectivity index (χ2n) is 5.27. The zero-order valence-corrected chi connectivity index (χ0v) is 21.3. The minimum atomic E-state index is -0.219. The molecular weight excluding hydrogens is 446 g/mol. The lowest BCUT2D eigenvalue weighted by atomic mass is 10.2. The van der Waals surface area contributed by atoms with Gasteiger partial charge in [0.05, 0.1) is 0 Å². The molecule has 0 aliphatic rings. The molecule has 10 N–H and O–H groups in total. The lowest BCUT2D eigenvalue weighted by molar-refractivity contribution is -0.123. The summed E-state index contributed by atoms with van der Waals surface area (Å²) < 4.78 is 0. The van der Waals surface area contributed by atoms with E-state index in [9.17, 15) is 19.2 Å². The van der Waals surface area contributed by atoms with Gasteiger partial charge in [-0.3, -0.25) is 35.5 Å². The fraction of sp³-hybridized carbons (Fsp3) is 0.625. The Morgan fingerprint density at radius 1 is 0.677 bits per heavy atom. The molecule has 0 aromatic carbocycles. The van der Waals surface area contributed by atoms with Crippen molar-refractivity contribution in [2.24, 2.45) is 22.6 Å². The second kappa shape index (κ2) is 32.6. The topological polar surface area (TPSA) is 224 Å². The van der Waals surface area contributed by atoms with Crippen molar-refractivity contribution in [3.05, 3.63) is 0 Å². The maximum absolute atomic E-state index is 11.0. The number of hydrogen-bond donors (Lipinski definition) is 7. The Kier molecular flexibility index (Phi) is 41.5. The minimum Gasteiger partial charge on any atom is -0.304 e. The van der Waals surface area contributed by atoms with Crippen LogP contribution in [-0.2, 0) is 24.0 Å². The van der Waals surface area contributed by atoms with Crippen LogP contribution in [0.25, 0.3) is 0 Å². The van der Waals surface area contributed by atoms with Crippen LogP contribution >= 0.6 is 19.8 Å². The van der Waals surface area contributed by atoms with Gasteiger partial charge in [-0.15, -0.1) is 0 Å². The molecule has 184 valence electrons. The predicted molar refractivity (Wildman–Crippen MR) is 130 cm³/mol. The van der Waals surface area contributed by atoms with E-state index in [0.717, 1.165) is 6.29 Å². The molecule has 0 radical (unpaired) electrons. The van der Waals surface area contributed by atoms with Crippen molar-refractivity contribution in [3.63, 3.8) is 0 Å². The maximum Gasteiger partial charge on any atom is 0.240 e.